The summed E-state index contributed by atoms with van der Waals surface area (Å²) >= 11 is 5.52. The van der Waals surface area contributed by atoms with Crippen LogP contribution in [0.2, 0.25) is 0 Å². The van der Waals surface area contributed by atoms with Crippen molar-refractivity contribution in [1.29, 1.82) is 0 Å². The van der Waals surface area contributed by atoms with Gasteiger partial charge in [0.1, 0.15) is 0 Å². The van der Waals surface area contributed by atoms with Crippen LogP contribution in [0, 0.1) is 53.5 Å². The Morgan fingerprint density at radius 1 is 0.387 bits per heavy atom. The van der Waals surface area contributed by atoms with Gasteiger partial charge in [-0.2, -0.15) is 26.0 Å². The molecule has 0 spiro atoms. The number of phenols is 1. The molecule has 5 aromatic rings. The average Bonchev–Trinajstić information content (AvgIpc) is 1.62. The Morgan fingerprint density at radius 3 is 0.968 bits per heavy atom. The molecule has 514 valence electrons. The van der Waals surface area contributed by atoms with Crippen molar-refractivity contribution < 1.29 is 122 Å². The monoisotopic (exact) mass is 1480 g/mol. The molecule has 4 fully saturated rings. The molecular weight excluding hydrogens is 1410 g/mol. The summed E-state index contributed by atoms with van der Waals surface area (Å²) in [5, 5.41) is 8.59. The van der Waals surface area contributed by atoms with Crippen molar-refractivity contribution in [1.82, 2.24) is 0 Å². The van der Waals surface area contributed by atoms with E-state index in [1.165, 1.54) is 36.4 Å². The summed E-state index contributed by atoms with van der Waals surface area (Å²) in [6, 6.07) is 15.5. The number of ether oxygens (including phenoxy) is 3. The minimum Gasteiger partial charge on any atom is -0.505 e. The number of hydrogen-bond acceptors (Lipinski definition) is 15. The van der Waals surface area contributed by atoms with Gasteiger partial charge in [0.15, 0.2) is 57.9 Å². The van der Waals surface area contributed by atoms with Crippen LogP contribution in [0.5, 0.6) is 23.0 Å². The van der Waals surface area contributed by atoms with Crippen LogP contribution in [0.15, 0.2) is 86.6 Å². The maximum absolute atomic E-state index is 14.0. The van der Waals surface area contributed by atoms with E-state index < -0.39 is 158 Å². The molecule has 0 aromatic heterocycles. The normalized spacial score (nSPS) is 18.9. The standard InChI is InChI=1S/2C13H16BF3O3.C12H24B2O4.C8H9FO3S.C7H4BrF3O.C6H3BrF2O/c2*1-12(2)13(3,4)20-14(19-12)8-5-6-9(18-7-15)11(17)10(8)16;1-9(2)10(3,4)16-13(15-9)14-17-11(5,6)12(7,8)18-14;1-7-2-4-8(5-3-7)13(10,11)12-6-9;8-4-1-2-5(12-3-9)7(11)6(4)10;7-3-1-2-4(10)6(9)5(3)8/h2*5-6H,7H2,1-4H3;1-8H3;2-5H,6H2,1H3;1-2H,3H2;1-2,10H. The van der Waals surface area contributed by atoms with E-state index in [0.717, 1.165) is 29.8 Å². The predicted octanol–water partition coefficient (Wildman–Crippen LogP) is 14.5. The first kappa shape index (κ1) is 80.7. The van der Waals surface area contributed by atoms with Gasteiger partial charge in [-0.15, -0.1) is 0 Å². The van der Waals surface area contributed by atoms with E-state index in [2.05, 4.69) is 50.3 Å². The van der Waals surface area contributed by atoms with Gasteiger partial charge in [0.25, 0.3) is 10.1 Å². The van der Waals surface area contributed by atoms with Gasteiger partial charge in [0.05, 0.1) is 58.6 Å². The van der Waals surface area contributed by atoms with Crippen molar-refractivity contribution >= 4 is 81.2 Å². The zero-order chi connectivity index (χ0) is 71.0. The molecule has 0 saturated carbocycles. The average molecular weight is 1480 g/mol. The van der Waals surface area contributed by atoms with E-state index in [9.17, 15) is 61.1 Å². The summed E-state index contributed by atoms with van der Waals surface area (Å²) < 4.78 is 238. The highest BCUT2D eigenvalue weighted by Gasteiger charge is 2.64. The number of hydrogen-bond donors (Lipinski definition) is 1. The quantitative estimate of drug-likeness (QED) is 0.0542. The molecule has 4 aliphatic heterocycles. The second kappa shape index (κ2) is 31.6. The highest BCUT2D eigenvalue weighted by molar-refractivity contribution is 9.10. The van der Waals surface area contributed by atoms with E-state index in [1.54, 1.807) is 12.1 Å². The van der Waals surface area contributed by atoms with E-state index in [0.29, 0.717) is 0 Å². The largest absolute Gasteiger partial charge is 0.505 e. The molecule has 0 bridgehead atoms. The number of rotatable bonds is 12. The fourth-order valence-corrected chi connectivity index (χ4v) is 9.10. The first-order valence-electron chi connectivity index (χ1n) is 28.0. The molecule has 0 amide bonds. The van der Waals surface area contributed by atoms with Gasteiger partial charge in [-0.1, -0.05) is 29.8 Å². The van der Waals surface area contributed by atoms with Gasteiger partial charge in [-0.3, -0.25) is 0 Å². The van der Waals surface area contributed by atoms with Crippen molar-refractivity contribution in [2.45, 2.75) is 167 Å². The van der Waals surface area contributed by atoms with Gasteiger partial charge in [0, 0.05) is 10.9 Å². The lowest BCUT2D eigenvalue weighted by molar-refractivity contribution is 0.00578. The molecule has 0 aliphatic carbocycles. The predicted molar refractivity (Wildman–Crippen MR) is 331 cm³/mol. The number of aryl methyl sites for hydroxylation is 1. The Labute approximate surface area is 552 Å². The minimum absolute atomic E-state index is 0.00259. The highest BCUT2D eigenvalue weighted by Crippen LogP contribution is 2.44. The van der Waals surface area contributed by atoms with Crippen LogP contribution in [0.4, 0.5) is 52.7 Å². The van der Waals surface area contributed by atoms with Crippen LogP contribution in [0.1, 0.15) is 116 Å². The molecule has 0 radical (unpaired) electrons. The van der Waals surface area contributed by atoms with Crippen molar-refractivity contribution in [2.75, 3.05) is 27.4 Å². The van der Waals surface area contributed by atoms with Crippen molar-refractivity contribution in [2.24, 2.45) is 0 Å². The van der Waals surface area contributed by atoms with Gasteiger partial charge in [-0.05, 0) is 198 Å². The van der Waals surface area contributed by atoms with E-state index >= 15 is 0 Å². The van der Waals surface area contributed by atoms with Gasteiger partial charge in [-0.25, -0.2) is 39.3 Å². The highest BCUT2D eigenvalue weighted by atomic mass is 79.9. The zero-order valence-electron chi connectivity index (χ0n) is 53.9. The maximum Gasteiger partial charge on any atom is 0.497 e. The van der Waals surface area contributed by atoms with Crippen molar-refractivity contribution in [3.63, 3.8) is 0 Å². The molecule has 1 N–H and O–H groups in total. The smallest absolute Gasteiger partial charge is 0.497 e. The fraction of sp³-hybridized carbons (Fsp3) is 0.492. The molecule has 34 heteroatoms. The SMILES string of the molecule is CC1(C)OB(B2OC(C)(C)C(C)(C)O2)OC1(C)C.CC1(C)OB(c2ccc(OCF)c(F)c2F)OC1(C)C.CC1(C)OB(c2ccc(OCF)c(F)c2F)OC1(C)C.Cc1ccc(S(=O)(=O)OCF)cc1.FCOc1ccc(Br)c(F)c1F.Oc1ccc(Br)c(F)c1F. The second-order valence-electron chi connectivity index (χ2n) is 24.6. The van der Waals surface area contributed by atoms with Crippen LogP contribution in [-0.4, -0.2) is 114 Å². The Bertz CT molecular complexity index is 3250. The third-order valence-electron chi connectivity index (χ3n) is 16.1. The topological polar surface area (TPSA) is 165 Å². The van der Waals surface area contributed by atoms with Gasteiger partial charge in [0.2, 0.25) is 39.1 Å². The fourth-order valence-electron chi connectivity index (χ4n) is 7.76. The van der Waals surface area contributed by atoms with Crippen LogP contribution >= 0.6 is 31.9 Å². The van der Waals surface area contributed by atoms with E-state index in [-0.39, 0.29) is 47.2 Å². The molecular formula is C59H72B4Br2F12O15S. The number of benzene rings is 5. The lowest BCUT2D eigenvalue weighted by Crippen LogP contribution is -2.41. The molecule has 93 heavy (non-hydrogen) atoms. The summed E-state index contributed by atoms with van der Waals surface area (Å²) in [7, 11) is -6.89. The number of halogens is 14. The molecule has 4 heterocycles. The Morgan fingerprint density at radius 2 is 0.667 bits per heavy atom. The van der Waals surface area contributed by atoms with Crippen LogP contribution in [0.3, 0.4) is 0 Å². The summed E-state index contributed by atoms with van der Waals surface area (Å²) in [5.41, 5.74) is -3.29. The molecule has 9 rings (SSSR count). The lowest BCUT2D eigenvalue weighted by atomic mass is 9.49. The first-order chi connectivity index (χ1) is 42.6. The Balaban J connectivity index is 0.000000242. The molecule has 0 unspecified atom stereocenters. The molecule has 15 nitrogen and oxygen atoms in total. The van der Waals surface area contributed by atoms with Crippen LogP contribution < -0.4 is 25.1 Å². The van der Waals surface area contributed by atoms with Gasteiger partial charge >= 0.3 is 28.3 Å². The maximum atomic E-state index is 14.0. The second-order valence-corrected chi connectivity index (χ2v) is 27.9. The summed E-state index contributed by atoms with van der Waals surface area (Å²) in [5.74, 6) is -11.5. The van der Waals surface area contributed by atoms with E-state index in [1.807, 2.05) is 118 Å². The van der Waals surface area contributed by atoms with Crippen LogP contribution in [0.25, 0.3) is 0 Å². The Kier molecular flexibility index (Phi) is 27.5. The zero-order valence-corrected chi connectivity index (χ0v) is 57.9. The molecule has 0 atom stereocenters. The van der Waals surface area contributed by atoms with Crippen molar-refractivity contribution in [3.05, 3.63) is 134 Å². The van der Waals surface area contributed by atoms with Crippen LogP contribution in [-0.2, 0) is 51.5 Å². The lowest BCUT2D eigenvalue weighted by Gasteiger charge is -2.32. The first-order valence-corrected chi connectivity index (χ1v) is 31.0. The van der Waals surface area contributed by atoms with E-state index in [4.69, 9.17) is 42.3 Å². The third kappa shape index (κ3) is 19.5. The third-order valence-corrected chi connectivity index (χ3v) is 18.6. The number of phenolic OH excluding ortho intramolecular Hbond substituents is 1. The summed E-state index contributed by atoms with van der Waals surface area (Å²) in [4.78, 5) is -0.0317. The van der Waals surface area contributed by atoms with Crippen molar-refractivity contribution in [3.8, 4) is 23.0 Å². The molecule has 4 saturated heterocycles. The minimum atomic E-state index is -3.90. The Hall–Kier alpha value is -4.73. The number of aromatic hydroxyl groups is 1. The summed E-state index contributed by atoms with van der Waals surface area (Å²) in [6.45, 7) is 27.5. The van der Waals surface area contributed by atoms with Gasteiger partial charge < -0.3 is 56.6 Å². The number of alkyl halides is 4. The summed E-state index contributed by atoms with van der Waals surface area (Å²) in [6.07, 6.45) is 0. The molecule has 5 aromatic carbocycles. The molecule has 4 aliphatic rings.